The molecule has 0 radical (unpaired) electrons. The second kappa shape index (κ2) is 5.96. The van der Waals surface area contributed by atoms with Crippen molar-refractivity contribution in [2.45, 2.75) is 26.8 Å². The van der Waals surface area contributed by atoms with Gasteiger partial charge < -0.3 is 10.5 Å². The third kappa shape index (κ3) is 3.07. The maximum atomic E-state index is 13.2. The minimum Gasteiger partial charge on any atom is -0.469 e. The molecule has 0 spiro atoms. The number of rotatable bonds is 4. The summed E-state index contributed by atoms with van der Waals surface area (Å²) in [6.07, 6.45) is 0. The Morgan fingerprint density at radius 2 is 2.00 bits per heavy atom. The van der Waals surface area contributed by atoms with Gasteiger partial charge in [-0.1, -0.05) is 26.0 Å². The number of benzene rings is 1. The van der Waals surface area contributed by atoms with Crippen molar-refractivity contribution in [3.8, 4) is 0 Å². The van der Waals surface area contributed by atoms with E-state index < -0.39 is 12.0 Å². The summed E-state index contributed by atoms with van der Waals surface area (Å²) in [4.78, 5) is 11.7. The van der Waals surface area contributed by atoms with E-state index in [0.717, 1.165) is 5.56 Å². The highest BCUT2D eigenvalue weighted by atomic mass is 19.1. The Hall–Kier alpha value is -1.42. The molecule has 4 heteroatoms. The lowest BCUT2D eigenvalue weighted by Gasteiger charge is -2.25. The fraction of sp³-hybridized carbons (Fsp3) is 0.500. The highest BCUT2D eigenvalue weighted by molar-refractivity contribution is 5.73. The molecular weight excluding hydrogens is 233 g/mol. The van der Waals surface area contributed by atoms with E-state index in [9.17, 15) is 9.18 Å². The van der Waals surface area contributed by atoms with Crippen molar-refractivity contribution >= 4 is 5.97 Å². The standard InChI is InChI=1S/C14H20FNO2/c1-8(2)12(14(17)18-4)13(16)10-5-6-11(15)9(3)7-10/h5-8,12-13H,16H2,1-4H3. The molecule has 18 heavy (non-hydrogen) atoms. The Morgan fingerprint density at radius 3 is 2.44 bits per heavy atom. The zero-order chi connectivity index (χ0) is 13.9. The van der Waals surface area contributed by atoms with Gasteiger partial charge in [-0.25, -0.2) is 4.39 Å². The highest BCUT2D eigenvalue weighted by Crippen LogP contribution is 2.28. The van der Waals surface area contributed by atoms with Crippen LogP contribution in [-0.4, -0.2) is 13.1 Å². The first-order chi connectivity index (χ1) is 8.38. The van der Waals surface area contributed by atoms with E-state index in [-0.39, 0.29) is 17.7 Å². The fourth-order valence-electron chi connectivity index (χ4n) is 2.05. The Kier molecular flexibility index (Phi) is 4.84. The van der Waals surface area contributed by atoms with Crippen LogP contribution in [0.5, 0.6) is 0 Å². The largest absolute Gasteiger partial charge is 0.469 e. The van der Waals surface area contributed by atoms with Gasteiger partial charge in [0.05, 0.1) is 13.0 Å². The molecule has 0 aromatic heterocycles. The number of carbonyl (C=O) groups excluding carboxylic acids is 1. The quantitative estimate of drug-likeness (QED) is 0.839. The molecular formula is C14H20FNO2. The van der Waals surface area contributed by atoms with E-state index in [0.29, 0.717) is 5.56 Å². The first-order valence-corrected chi connectivity index (χ1v) is 5.98. The van der Waals surface area contributed by atoms with E-state index in [1.165, 1.54) is 13.2 Å². The molecule has 0 saturated carbocycles. The Balaban J connectivity index is 3.05. The van der Waals surface area contributed by atoms with Crippen molar-refractivity contribution in [2.24, 2.45) is 17.6 Å². The third-order valence-corrected chi connectivity index (χ3v) is 3.15. The first-order valence-electron chi connectivity index (χ1n) is 5.98. The van der Waals surface area contributed by atoms with Gasteiger partial charge in [-0.15, -0.1) is 0 Å². The molecule has 0 aliphatic heterocycles. The molecule has 0 amide bonds. The summed E-state index contributed by atoms with van der Waals surface area (Å²) in [5.41, 5.74) is 7.38. The number of hydrogen-bond acceptors (Lipinski definition) is 3. The molecule has 2 atom stereocenters. The number of aryl methyl sites for hydroxylation is 1. The molecule has 0 aliphatic carbocycles. The molecule has 0 heterocycles. The topological polar surface area (TPSA) is 52.3 Å². The smallest absolute Gasteiger partial charge is 0.310 e. The molecule has 0 fully saturated rings. The third-order valence-electron chi connectivity index (χ3n) is 3.15. The number of halogens is 1. The van der Waals surface area contributed by atoms with Gasteiger partial charge in [0.1, 0.15) is 5.82 Å². The number of ether oxygens (including phenoxy) is 1. The van der Waals surface area contributed by atoms with E-state index in [1.54, 1.807) is 19.1 Å². The van der Waals surface area contributed by atoms with E-state index in [1.807, 2.05) is 13.8 Å². The summed E-state index contributed by atoms with van der Waals surface area (Å²) >= 11 is 0. The van der Waals surface area contributed by atoms with Crippen LogP contribution in [0.15, 0.2) is 18.2 Å². The first kappa shape index (κ1) is 14.6. The predicted octanol–water partition coefficient (Wildman–Crippen LogP) is 2.58. The molecule has 2 unspecified atom stereocenters. The van der Waals surface area contributed by atoms with Crippen LogP contribution in [0.3, 0.4) is 0 Å². The second-order valence-electron chi connectivity index (χ2n) is 4.83. The van der Waals surface area contributed by atoms with Gasteiger partial charge in [0, 0.05) is 6.04 Å². The minimum atomic E-state index is -0.489. The lowest BCUT2D eigenvalue weighted by atomic mass is 9.84. The molecule has 0 saturated heterocycles. The summed E-state index contributed by atoms with van der Waals surface area (Å²) in [7, 11) is 1.35. The van der Waals surface area contributed by atoms with Crippen molar-refractivity contribution in [2.75, 3.05) is 7.11 Å². The molecule has 100 valence electrons. The van der Waals surface area contributed by atoms with Crippen LogP contribution in [0.1, 0.15) is 31.0 Å². The molecule has 0 bridgehead atoms. The average molecular weight is 253 g/mol. The summed E-state index contributed by atoms with van der Waals surface area (Å²) in [6, 6.07) is 4.18. The van der Waals surface area contributed by atoms with Crippen molar-refractivity contribution in [1.82, 2.24) is 0 Å². The van der Waals surface area contributed by atoms with Crippen LogP contribution in [0, 0.1) is 24.6 Å². The Bertz CT molecular complexity index is 432. The van der Waals surface area contributed by atoms with Crippen LogP contribution in [0.4, 0.5) is 4.39 Å². The zero-order valence-electron chi connectivity index (χ0n) is 11.2. The Morgan fingerprint density at radius 1 is 1.39 bits per heavy atom. The lowest BCUT2D eigenvalue weighted by Crippen LogP contribution is -2.33. The lowest BCUT2D eigenvalue weighted by molar-refractivity contribution is -0.147. The summed E-state index contributed by atoms with van der Waals surface area (Å²) in [6.45, 7) is 5.50. The number of methoxy groups -OCH3 is 1. The van der Waals surface area contributed by atoms with E-state index in [2.05, 4.69) is 0 Å². The van der Waals surface area contributed by atoms with Gasteiger partial charge >= 0.3 is 5.97 Å². The molecule has 2 N–H and O–H groups in total. The second-order valence-corrected chi connectivity index (χ2v) is 4.83. The maximum Gasteiger partial charge on any atom is 0.310 e. The number of carbonyl (C=O) groups is 1. The maximum absolute atomic E-state index is 13.2. The van der Waals surface area contributed by atoms with Crippen molar-refractivity contribution in [3.05, 3.63) is 35.1 Å². The van der Waals surface area contributed by atoms with Crippen molar-refractivity contribution in [1.29, 1.82) is 0 Å². The minimum absolute atomic E-state index is 0.0535. The monoisotopic (exact) mass is 253 g/mol. The van der Waals surface area contributed by atoms with Crippen molar-refractivity contribution < 1.29 is 13.9 Å². The summed E-state index contributed by atoms with van der Waals surface area (Å²) in [5.74, 6) is -0.984. The number of nitrogens with two attached hydrogens (primary N) is 1. The average Bonchev–Trinajstić information content (AvgIpc) is 2.32. The SMILES string of the molecule is COC(=O)C(C(C)C)C(N)c1ccc(F)c(C)c1. The van der Waals surface area contributed by atoms with Crippen LogP contribution in [-0.2, 0) is 9.53 Å². The zero-order valence-corrected chi connectivity index (χ0v) is 11.2. The van der Waals surface area contributed by atoms with Gasteiger partial charge in [-0.2, -0.15) is 0 Å². The van der Waals surface area contributed by atoms with Crippen LogP contribution in [0.25, 0.3) is 0 Å². The molecule has 1 aromatic rings. The number of esters is 1. The summed E-state index contributed by atoms with van der Waals surface area (Å²) in [5, 5.41) is 0. The molecule has 3 nitrogen and oxygen atoms in total. The van der Waals surface area contributed by atoms with E-state index >= 15 is 0 Å². The van der Waals surface area contributed by atoms with Crippen LogP contribution >= 0.6 is 0 Å². The molecule has 0 aliphatic rings. The summed E-state index contributed by atoms with van der Waals surface area (Å²) < 4.78 is 18.0. The predicted molar refractivity (Wildman–Crippen MR) is 68.4 cm³/mol. The normalized spacial score (nSPS) is 14.4. The number of hydrogen-bond donors (Lipinski definition) is 1. The van der Waals surface area contributed by atoms with Gasteiger partial charge in [-0.05, 0) is 30.0 Å². The molecule has 1 aromatic carbocycles. The van der Waals surface area contributed by atoms with Gasteiger partial charge in [0.2, 0.25) is 0 Å². The Labute approximate surface area is 107 Å². The molecule has 1 rings (SSSR count). The van der Waals surface area contributed by atoms with Crippen molar-refractivity contribution in [3.63, 3.8) is 0 Å². The van der Waals surface area contributed by atoms with Crippen LogP contribution < -0.4 is 5.73 Å². The van der Waals surface area contributed by atoms with Gasteiger partial charge in [0.25, 0.3) is 0 Å². The van der Waals surface area contributed by atoms with E-state index in [4.69, 9.17) is 10.5 Å². The van der Waals surface area contributed by atoms with Crippen LogP contribution in [0.2, 0.25) is 0 Å². The van der Waals surface area contributed by atoms with Gasteiger partial charge in [-0.3, -0.25) is 4.79 Å². The van der Waals surface area contributed by atoms with Gasteiger partial charge in [0.15, 0.2) is 0 Å². The highest BCUT2D eigenvalue weighted by Gasteiger charge is 2.30. The fourth-order valence-corrected chi connectivity index (χ4v) is 2.05.